The van der Waals surface area contributed by atoms with E-state index in [4.69, 9.17) is 27.9 Å². The summed E-state index contributed by atoms with van der Waals surface area (Å²) in [5, 5.41) is 3.23. The predicted molar refractivity (Wildman–Crippen MR) is 107 cm³/mol. The molecule has 0 aliphatic rings. The lowest BCUT2D eigenvalue weighted by molar-refractivity contribution is -0.120. The maximum absolute atomic E-state index is 12.4. The van der Waals surface area contributed by atoms with Crippen molar-refractivity contribution >= 4 is 44.8 Å². The molecule has 0 fully saturated rings. The smallest absolute Gasteiger partial charge is 0.261 e. The second-order valence-electron chi connectivity index (χ2n) is 5.75. The van der Waals surface area contributed by atoms with E-state index < -0.39 is 10.0 Å². The molecule has 0 saturated heterocycles. The van der Waals surface area contributed by atoms with Crippen molar-refractivity contribution in [3.8, 4) is 0 Å². The number of hydrogen-bond acceptors (Lipinski definition) is 4. The van der Waals surface area contributed by atoms with Crippen molar-refractivity contribution < 1.29 is 17.9 Å². The van der Waals surface area contributed by atoms with E-state index in [1.165, 1.54) is 18.2 Å². The first-order valence-electron chi connectivity index (χ1n) is 8.14. The molecule has 0 aliphatic heterocycles. The van der Waals surface area contributed by atoms with Crippen LogP contribution in [0.4, 0.5) is 5.69 Å². The molecule has 2 aromatic carbocycles. The normalized spacial score (nSPS) is 11.2. The summed E-state index contributed by atoms with van der Waals surface area (Å²) in [7, 11) is -2.18. The fraction of sp³-hybridized carbons (Fsp3) is 0.278. The van der Waals surface area contributed by atoms with E-state index in [2.05, 4.69) is 10.0 Å². The number of amides is 1. The molecule has 0 heterocycles. The predicted octanol–water partition coefficient (Wildman–Crippen LogP) is 3.49. The monoisotopic (exact) mass is 430 g/mol. The summed E-state index contributed by atoms with van der Waals surface area (Å²) in [5.74, 6) is -0.102. The highest BCUT2D eigenvalue weighted by Gasteiger charge is 2.15. The molecule has 0 aromatic heterocycles. The SMILES string of the molecule is COCCCNC(=O)Cc1ccc(NS(=O)(=O)c2ccc(Cl)c(Cl)c2)cc1. The summed E-state index contributed by atoms with van der Waals surface area (Å²) in [6.07, 6.45) is 0.963. The zero-order chi connectivity index (χ0) is 19.9. The lowest BCUT2D eigenvalue weighted by Gasteiger charge is -2.10. The van der Waals surface area contributed by atoms with Crippen LogP contribution in [-0.2, 0) is 26.0 Å². The van der Waals surface area contributed by atoms with Crippen LogP contribution in [0, 0.1) is 0 Å². The molecular formula is C18H20Cl2N2O4S. The molecular weight excluding hydrogens is 411 g/mol. The van der Waals surface area contributed by atoms with Crippen LogP contribution in [-0.4, -0.2) is 34.6 Å². The lowest BCUT2D eigenvalue weighted by Crippen LogP contribution is -2.26. The van der Waals surface area contributed by atoms with Gasteiger partial charge in [-0.05, 0) is 42.3 Å². The zero-order valence-electron chi connectivity index (χ0n) is 14.7. The first-order valence-corrected chi connectivity index (χ1v) is 10.4. The Morgan fingerprint density at radius 3 is 2.41 bits per heavy atom. The van der Waals surface area contributed by atoms with E-state index >= 15 is 0 Å². The number of hydrogen-bond donors (Lipinski definition) is 2. The highest BCUT2D eigenvalue weighted by atomic mass is 35.5. The van der Waals surface area contributed by atoms with E-state index in [-0.39, 0.29) is 27.3 Å². The van der Waals surface area contributed by atoms with Gasteiger partial charge in [0, 0.05) is 25.9 Å². The molecule has 9 heteroatoms. The molecule has 2 aromatic rings. The van der Waals surface area contributed by atoms with Gasteiger partial charge in [-0.2, -0.15) is 0 Å². The molecule has 146 valence electrons. The first kappa shape index (κ1) is 21.5. The van der Waals surface area contributed by atoms with Gasteiger partial charge in [0.1, 0.15) is 0 Å². The molecule has 6 nitrogen and oxygen atoms in total. The third-order valence-electron chi connectivity index (χ3n) is 3.62. The Kier molecular flexibility index (Phi) is 7.91. The van der Waals surface area contributed by atoms with Gasteiger partial charge >= 0.3 is 0 Å². The summed E-state index contributed by atoms with van der Waals surface area (Å²) in [6, 6.07) is 10.7. The number of anilines is 1. The van der Waals surface area contributed by atoms with Crippen molar-refractivity contribution in [2.45, 2.75) is 17.7 Å². The number of methoxy groups -OCH3 is 1. The van der Waals surface area contributed by atoms with Crippen molar-refractivity contribution in [2.75, 3.05) is 25.0 Å². The van der Waals surface area contributed by atoms with Crippen LogP contribution in [0.1, 0.15) is 12.0 Å². The van der Waals surface area contributed by atoms with E-state index in [1.807, 2.05) is 0 Å². The number of nitrogens with one attached hydrogen (secondary N) is 2. The average molecular weight is 431 g/mol. The van der Waals surface area contributed by atoms with Gasteiger partial charge in [0.05, 0.1) is 21.4 Å². The van der Waals surface area contributed by atoms with Crippen LogP contribution in [0.2, 0.25) is 10.0 Å². The number of rotatable bonds is 9. The maximum Gasteiger partial charge on any atom is 0.261 e. The third kappa shape index (κ3) is 6.70. The number of ether oxygens (including phenoxy) is 1. The molecule has 0 spiro atoms. The molecule has 2 N–H and O–H groups in total. The Morgan fingerprint density at radius 2 is 1.78 bits per heavy atom. The van der Waals surface area contributed by atoms with Gasteiger partial charge in [0.15, 0.2) is 0 Å². The minimum absolute atomic E-state index is 0.0106. The summed E-state index contributed by atoms with van der Waals surface area (Å²) in [6.45, 7) is 1.14. The van der Waals surface area contributed by atoms with E-state index in [1.54, 1.807) is 31.4 Å². The van der Waals surface area contributed by atoms with Crippen LogP contribution in [0.3, 0.4) is 0 Å². The molecule has 1 amide bonds. The highest BCUT2D eigenvalue weighted by molar-refractivity contribution is 7.92. The molecule has 0 unspecified atom stereocenters. The minimum Gasteiger partial charge on any atom is -0.385 e. The van der Waals surface area contributed by atoms with E-state index in [0.717, 1.165) is 12.0 Å². The second kappa shape index (κ2) is 9.94. The summed E-state index contributed by atoms with van der Waals surface area (Å²) in [5.41, 5.74) is 1.15. The van der Waals surface area contributed by atoms with Gasteiger partial charge in [-0.25, -0.2) is 8.42 Å². The van der Waals surface area contributed by atoms with E-state index in [0.29, 0.717) is 18.8 Å². The average Bonchev–Trinajstić information content (AvgIpc) is 2.62. The number of halogens is 2. The van der Waals surface area contributed by atoms with Gasteiger partial charge in [-0.15, -0.1) is 0 Å². The Bertz CT molecular complexity index is 887. The number of carbonyl (C=O) groups excluding carboxylic acids is 1. The van der Waals surface area contributed by atoms with Crippen LogP contribution < -0.4 is 10.0 Å². The van der Waals surface area contributed by atoms with Crippen molar-refractivity contribution in [3.63, 3.8) is 0 Å². The van der Waals surface area contributed by atoms with Crippen LogP contribution in [0.25, 0.3) is 0 Å². The first-order chi connectivity index (χ1) is 12.8. The summed E-state index contributed by atoms with van der Waals surface area (Å²) in [4.78, 5) is 11.9. The molecule has 0 bridgehead atoms. The van der Waals surface area contributed by atoms with Crippen molar-refractivity contribution in [1.29, 1.82) is 0 Å². The standard InChI is InChI=1S/C18H20Cl2N2O4S/c1-26-10-2-9-21-18(23)11-13-3-5-14(6-4-13)22-27(24,25)15-7-8-16(19)17(20)12-15/h3-8,12,22H,2,9-11H2,1H3,(H,21,23). The number of benzene rings is 2. The van der Waals surface area contributed by atoms with Crippen molar-refractivity contribution in [2.24, 2.45) is 0 Å². The molecule has 0 radical (unpaired) electrons. The van der Waals surface area contributed by atoms with Crippen LogP contribution in [0.15, 0.2) is 47.4 Å². The topological polar surface area (TPSA) is 84.5 Å². The lowest BCUT2D eigenvalue weighted by atomic mass is 10.1. The number of sulfonamides is 1. The minimum atomic E-state index is -3.79. The van der Waals surface area contributed by atoms with Gasteiger partial charge in [0.25, 0.3) is 10.0 Å². The van der Waals surface area contributed by atoms with Gasteiger partial charge in [0.2, 0.25) is 5.91 Å². The fourth-order valence-electron chi connectivity index (χ4n) is 2.24. The molecule has 2 rings (SSSR count). The molecule has 0 atom stereocenters. The Labute approximate surface area is 168 Å². The molecule has 0 aliphatic carbocycles. The quantitative estimate of drug-likeness (QED) is 0.596. The van der Waals surface area contributed by atoms with Crippen LogP contribution >= 0.6 is 23.2 Å². The Balaban J connectivity index is 1.96. The van der Waals surface area contributed by atoms with Crippen LogP contribution in [0.5, 0.6) is 0 Å². The molecule has 27 heavy (non-hydrogen) atoms. The summed E-state index contributed by atoms with van der Waals surface area (Å²) >= 11 is 11.7. The zero-order valence-corrected chi connectivity index (χ0v) is 17.0. The highest BCUT2D eigenvalue weighted by Crippen LogP contribution is 2.26. The molecule has 0 saturated carbocycles. The van der Waals surface area contributed by atoms with Gasteiger partial charge in [-0.3, -0.25) is 9.52 Å². The second-order valence-corrected chi connectivity index (χ2v) is 8.25. The van der Waals surface area contributed by atoms with E-state index in [9.17, 15) is 13.2 Å². The van der Waals surface area contributed by atoms with Gasteiger partial charge < -0.3 is 10.1 Å². The summed E-state index contributed by atoms with van der Waals surface area (Å²) < 4.78 is 32.2. The van der Waals surface area contributed by atoms with Gasteiger partial charge in [-0.1, -0.05) is 35.3 Å². The maximum atomic E-state index is 12.4. The Morgan fingerprint density at radius 1 is 1.07 bits per heavy atom. The third-order valence-corrected chi connectivity index (χ3v) is 5.74. The number of carbonyl (C=O) groups is 1. The van der Waals surface area contributed by atoms with Crippen molar-refractivity contribution in [1.82, 2.24) is 5.32 Å². The Hall–Kier alpha value is -1.80. The van der Waals surface area contributed by atoms with Crippen molar-refractivity contribution in [3.05, 3.63) is 58.1 Å². The largest absolute Gasteiger partial charge is 0.385 e. The fourth-order valence-corrected chi connectivity index (χ4v) is 3.69.